The van der Waals surface area contributed by atoms with E-state index in [9.17, 15) is 14.7 Å². The minimum absolute atomic E-state index is 0.101. The summed E-state index contributed by atoms with van der Waals surface area (Å²) in [6, 6.07) is 0. The van der Waals surface area contributed by atoms with Crippen LogP contribution >= 0.6 is 0 Å². The maximum Gasteiger partial charge on any atom is 0.305 e. The molecule has 286 valence electrons. The monoisotopic (exact) mass is 686 g/mol. The first-order valence-corrected chi connectivity index (χ1v) is 21.1. The Balaban J connectivity index is 3.94. The second-order valence-electron chi connectivity index (χ2n) is 14.3. The number of hydrogen-bond acceptors (Lipinski definition) is 5. The largest absolute Gasteiger partial charge is 0.463 e. The zero-order valence-corrected chi connectivity index (χ0v) is 32.0. The summed E-state index contributed by atoms with van der Waals surface area (Å²) >= 11 is 0. The van der Waals surface area contributed by atoms with Crippen LogP contribution in [-0.2, 0) is 19.1 Å². The van der Waals surface area contributed by atoms with Crippen LogP contribution in [0.15, 0.2) is 0 Å². The SMILES string of the molecule is [2H]C([2H])(OC(=O)CCCCCCCCCCCCCCCCCCC)C([2H])(O)C([2H])([2H])OC(=O)CCCCCCCCCCCCCCCCCCC. The highest BCUT2D eigenvalue weighted by Crippen LogP contribution is 2.16. The molecule has 0 aliphatic heterocycles. The van der Waals surface area contributed by atoms with Crippen LogP contribution in [0.5, 0.6) is 0 Å². The molecule has 1 N–H and O–H groups in total. The van der Waals surface area contributed by atoms with Gasteiger partial charge in [0.1, 0.15) is 19.2 Å². The molecule has 0 aromatic heterocycles. The van der Waals surface area contributed by atoms with Crippen LogP contribution in [0.3, 0.4) is 0 Å². The Kier molecular flexibility index (Phi) is 32.0. The van der Waals surface area contributed by atoms with E-state index in [1.165, 1.54) is 154 Å². The molecule has 0 aliphatic rings. The van der Waals surface area contributed by atoms with E-state index in [4.69, 9.17) is 16.3 Å². The summed E-state index contributed by atoms with van der Waals surface area (Å²) in [5.74, 6) is -1.93. The smallest absolute Gasteiger partial charge is 0.305 e. The lowest BCUT2D eigenvalue weighted by molar-refractivity contribution is -0.152. The molecule has 0 saturated carbocycles. The fourth-order valence-corrected chi connectivity index (χ4v) is 6.32. The lowest BCUT2D eigenvalue weighted by Gasteiger charge is -2.12. The molecule has 0 bridgehead atoms. The van der Waals surface area contributed by atoms with Gasteiger partial charge in [-0.25, -0.2) is 0 Å². The lowest BCUT2D eigenvalue weighted by Crippen LogP contribution is -2.25. The third kappa shape index (κ3) is 39.3. The Morgan fingerprint density at radius 1 is 0.417 bits per heavy atom. The Labute approximate surface area is 306 Å². The third-order valence-corrected chi connectivity index (χ3v) is 9.49. The minimum Gasteiger partial charge on any atom is -0.463 e. The van der Waals surface area contributed by atoms with Crippen molar-refractivity contribution in [2.24, 2.45) is 0 Å². The molecule has 0 spiro atoms. The van der Waals surface area contributed by atoms with Crippen LogP contribution in [-0.4, -0.2) is 36.2 Å². The minimum atomic E-state index is -3.65. The Morgan fingerprint density at radius 2 is 0.604 bits per heavy atom. The second kappa shape index (κ2) is 40.3. The van der Waals surface area contributed by atoms with Crippen molar-refractivity contribution < 1.29 is 31.0 Å². The number of hydrogen-bond donors (Lipinski definition) is 1. The number of unbranched alkanes of at least 4 members (excludes halogenated alkanes) is 32. The average molecular weight is 686 g/mol. The molecule has 0 radical (unpaired) electrons. The van der Waals surface area contributed by atoms with Gasteiger partial charge in [-0.2, -0.15) is 0 Å². The van der Waals surface area contributed by atoms with Crippen LogP contribution in [0.2, 0.25) is 0 Å². The Hall–Kier alpha value is -1.10. The van der Waals surface area contributed by atoms with Gasteiger partial charge in [-0.05, 0) is 12.8 Å². The normalized spacial score (nSPS) is 13.8. The lowest BCUT2D eigenvalue weighted by atomic mass is 10.0. The van der Waals surface area contributed by atoms with Gasteiger partial charge in [-0.1, -0.05) is 219 Å². The number of esters is 2. The summed E-state index contributed by atoms with van der Waals surface area (Å²) < 4.78 is 49.3. The molecule has 0 unspecified atom stereocenters. The number of carbonyl (C=O) groups is 2. The van der Waals surface area contributed by atoms with E-state index in [1.807, 2.05) is 0 Å². The van der Waals surface area contributed by atoms with Crippen molar-refractivity contribution in [2.75, 3.05) is 13.1 Å². The van der Waals surface area contributed by atoms with Gasteiger partial charge in [0.2, 0.25) is 0 Å². The van der Waals surface area contributed by atoms with Crippen LogP contribution in [0.4, 0.5) is 0 Å². The first kappa shape index (κ1) is 38.1. The summed E-state index contributed by atoms with van der Waals surface area (Å²) in [5, 5.41) is 10.5. The van der Waals surface area contributed by atoms with Gasteiger partial charge in [0.25, 0.3) is 0 Å². The van der Waals surface area contributed by atoms with E-state index in [0.29, 0.717) is 12.8 Å². The fourth-order valence-electron chi connectivity index (χ4n) is 6.32. The van der Waals surface area contributed by atoms with E-state index in [2.05, 4.69) is 13.8 Å². The molecular formula is C43H84O5. The van der Waals surface area contributed by atoms with Crippen molar-refractivity contribution in [1.29, 1.82) is 0 Å². The second-order valence-corrected chi connectivity index (χ2v) is 14.3. The van der Waals surface area contributed by atoms with Crippen LogP contribution < -0.4 is 0 Å². The number of carbonyl (C=O) groups excluding carboxylic acids is 2. The first-order chi connectivity index (χ1) is 25.4. The van der Waals surface area contributed by atoms with Crippen LogP contribution in [0.1, 0.15) is 252 Å². The molecular weight excluding hydrogens is 596 g/mol. The van der Waals surface area contributed by atoms with Gasteiger partial charge in [-0.3, -0.25) is 9.59 Å². The molecule has 0 fully saturated rings. The molecule has 0 aromatic rings. The van der Waals surface area contributed by atoms with Gasteiger partial charge in [0.05, 0.1) is 6.85 Å². The van der Waals surface area contributed by atoms with Gasteiger partial charge in [0, 0.05) is 12.8 Å². The molecule has 0 saturated heterocycles. The summed E-state index contributed by atoms with van der Waals surface area (Å²) in [7, 11) is 0. The molecule has 48 heavy (non-hydrogen) atoms. The number of ether oxygens (including phenoxy) is 2. The summed E-state index contributed by atoms with van der Waals surface area (Å²) in [5.41, 5.74) is 0. The standard InChI is InChI=1S/C43H84O5/c1-3-5-7-9-11-13-15-17-19-21-23-25-27-29-31-33-35-37-42(45)47-39-41(44)40-48-43(46)38-36-34-32-30-28-26-24-22-20-18-16-14-12-10-8-6-4-2/h41,44H,3-40H2,1-2H3/i39D2,40D2,41D. The molecule has 0 atom stereocenters. The number of aliphatic hydroxyl groups is 1. The highest BCUT2D eigenvalue weighted by Gasteiger charge is 2.12. The third-order valence-electron chi connectivity index (χ3n) is 9.49. The Bertz CT molecular complexity index is 789. The highest BCUT2D eigenvalue weighted by molar-refractivity contribution is 5.69. The van der Waals surface area contributed by atoms with Gasteiger partial charge >= 0.3 is 11.9 Å². The molecule has 0 aromatic carbocycles. The van der Waals surface area contributed by atoms with Crippen molar-refractivity contribution >= 4 is 11.9 Å². The molecule has 0 heterocycles. The summed E-state index contributed by atoms with van der Waals surface area (Å²) in [4.78, 5) is 24.6. The van der Waals surface area contributed by atoms with Gasteiger partial charge in [-0.15, -0.1) is 0 Å². The highest BCUT2D eigenvalue weighted by atomic mass is 16.6. The zero-order chi connectivity index (χ0) is 39.5. The summed E-state index contributed by atoms with van der Waals surface area (Å²) in [6.07, 6.45) is 37.0. The van der Waals surface area contributed by atoms with Crippen molar-refractivity contribution in [1.82, 2.24) is 0 Å². The average Bonchev–Trinajstić information content (AvgIpc) is 3.10. The molecule has 5 nitrogen and oxygen atoms in total. The summed E-state index contributed by atoms with van der Waals surface area (Å²) in [6.45, 7) is -2.33. The van der Waals surface area contributed by atoms with Crippen molar-refractivity contribution in [2.45, 2.75) is 251 Å². The van der Waals surface area contributed by atoms with E-state index >= 15 is 0 Å². The predicted octanol–water partition coefficient (Wildman–Crippen LogP) is 13.5. The van der Waals surface area contributed by atoms with E-state index in [1.54, 1.807) is 0 Å². The molecule has 0 amide bonds. The maximum absolute atomic E-state index is 12.3. The number of rotatable bonds is 40. The van der Waals surface area contributed by atoms with Gasteiger partial charge < -0.3 is 14.6 Å². The van der Waals surface area contributed by atoms with E-state index in [-0.39, 0.29) is 12.8 Å². The zero-order valence-electron chi connectivity index (χ0n) is 37.0. The van der Waals surface area contributed by atoms with E-state index < -0.39 is 31.1 Å². The van der Waals surface area contributed by atoms with Crippen molar-refractivity contribution in [3.8, 4) is 0 Å². The molecule has 0 aliphatic carbocycles. The fraction of sp³-hybridized carbons (Fsp3) is 0.953. The van der Waals surface area contributed by atoms with Crippen molar-refractivity contribution in [3.63, 3.8) is 0 Å². The maximum atomic E-state index is 12.3. The Morgan fingerprint density at radius 3 is 0.812 bits per heavy atom. The first-order valence-electron chi connectivity index (χ1n) is 23.6. The van der Waals surface area contributed by atoms with Crippen molar-refractivity contribution in [3.05, 3.63) is 0 Å². The predicted molar refractivity (Wildman–Crippen MR) is 205 cm³/mol. The quantitative estimate of drug-likeness (QED) is 0.0513. The topological polar surface area (TPSA) is 72.8 Å². The molecule has 5 heteroatoms. The van der Waals surface area contributed by atoms with E-state index in [0.717, 1.165) is 51.4 Å². The molecule has 0 rings (SSSR count). The van der Waals surface area contributed by atoms with Gasteiger partial charge in [0.15, 0.2) is 0 Å². The van der Waals surface area contributed by atoms with Crippen LogP contribution in [0, 0.1) is 0 Å². The van der Waals surface area contributed by atoms with Crippen LogP contribution in [0.25, 0.3) is 0 Å².